The second-order valence-electron chi connectivity index (χ2n) is 32.6. The molecule has 0 radical (unpaired) electrons. The Bertz CT molecular complexity index is 3180. The van der Waals surface area contributed by atoms with E-state index in [1.54, 1.807) is 82.2 Å². The number of nitrogens with zero attached hydrogens (tertiary/aromatic N) is 8. The topological polar surface area (TPSA) is 339 Å². The number of nitrogens with one attached hydrogen (secondary N) is 1. The predicted molar refractivity (Wildman–Crippen MR) is 411 cm³/mol. The zero-order valence-electron chi connectivity index (χ0n) is 70.6. The fraction of sp³-hybridized carbons (Fsp3) is 0.795. The lowest BCUT2D eigenvalue weighted by molar-refractivity contribution is -0.164. The number of allylic oxidation sites excluding steroid dienone is 2. The molecule has 0 aromatic carbocycles. The molecule has 0 bridgehead atoms. The molecule has 0 spiro atoms. The van der Waals surface area contributed by atoms with Crippen LogP contribution in [0.15, 0.2) is 12.2 Å². The van der Waals surface area contributed by atoms with E-state index in [-0.39, 0.29) is 75.3 Å². The van der Waals surface area contributed by atoms with Gasteiger partial charge in [0.25, 0.3) is 0 Å². The van der Waals surface area contributed by atoms with Crippen molar-refractivity contribution in [1.82, 2.24) is 44.5 Å². The second kappa shape index (κ2) is 45.0. The van der Waals surface area contributed by atoms with Gasteiger partial charge < -0.3 is 53.8 Å². The first-order valence-electron chi connectivity index (χ1n) is 37.7. The number of sulfone groups is 1. The van der Waals surface area contributed by atoms with Crippen LogP contribution in [0.4, 0.5) is 4.79 Å². The summed E-state index contributed by atoms with van der Waals surface area (Å²) < 4.78 is 42.2. The fourth-order valence-electron chi connectivity index (χ4n) is 13.1. The number of ether oxygens (including phenoxy) is 3. The maximum absolute atomic E-state index is 15.3. The smallest absolute Gasteiger partial charge is 0.410 e. The summed E-state index contributed by atoms with van der Waals surface area (Å²) in [6.07, 6.45) is 2.16. The van der Waals surface area contributed by atoms with Crippen molar-refractivity contribution in [2.24, 2.45) is 59.2 Å². The first-order valence-corrected chi connectivity index (χ1v) is 39.8. The van der Waals surface area contributed by atoms with Crippen LogP contribution in [0.1, 0.15) is 204 Å². The van der Waals surface area contributed by atoms with Gasteiger partial charge in [-0.1, -0.05) is 116 Å². The number of ketones is 3. The van der Waals surface area contributed by atoms with Crippen molar-refractivity contribution in [3.05, 3.63) is 12.2 Å². The minimum Gasteiger partial charge on any atom is -0.462 e. The van der Waals surface area contributed by atoms with Crippen molar-refractivity contribution in [1.29, 1.82) is 0 Å². The number of hydrogen-bond acceptors (Lipinski definition) is 19. The summed E-state index contributed by atoms with van der Waals surface area (Å²) in [4.78, 5) is 209. The minimum atomic E-state index is -3.71. The second-order valence-corrected chi connectivity index (χ2v) is 34.8. The molecular weight excluding hydrogens is 1400 g/mol. The summed E-state index contributed by atoms with van der Waals surface area (Å²) in [7, 11) is 7.65. The van der Waals surface area contributed by atoms with E-state index in [1.807, 2.05) is 47.6 Å². The van der Waals surface area contributed by atoms with Crippen LogP contribution in [0, 0.1) is 59.2 Å². The van der Waals surface area contributed by atoms with Gasteiger partial charge in [-0.3, -0.25) is 62.4 Å². The Hall–Kier alpha value is -7.33. The highest BCUT2D eigenvalue weighted by Gasteiger charge is 2.47. The Kier molecular flexibility index (Phi) is 41.9. The molecule has 0 fully saturated rings. The molecular formula is C78H137N9O19S. The monoisotopic (exact) mass is 1540 g/mol. The molecule has 0 aromatic heterocycles. The maximum atomic E-state index is 15.3. The first-order chi connectivity index (χ1) is 49.0. The molecule has 29 heteroatoms. The molecule has 0 aliphatic rings. The molecule has 0 saturated heterocycles. The molecule has 0 rings (SSSR count). The Morgan fingerprint density at radius 2 is 0.963 bits per heavy atom. The number of carbonyl (C=O) groups excluding carboxylic acids is 14. The Morgan fingerprint density at radius 1 is 0.505 bits per heavy atom. The zero-order chi connectivity index (χ0) is 83.7. The van der Waals surface area contributed by atoms with E-state index in [0.717, 1.165) is 21.0 Å². The highest BCUT2D eigenvalue weighted by atomic mass is 32.2. The van der Waals surface area contributed by atoms with Crippen molar-refractivity contribution in [2.45, 2.75) is 264 Å². The van der Waals surface area contributed by atoms with E-state index < -0.39 is 200 Å². The average molecular weight is 1540 g/mol. The molecule has 0 aliphatic carbocycles. The van der Waals surface area contributed by atoms with Crippen LogP contribution in [0.2, 0.25) is 0 Å². The lowest BCUT2D eigenvalue weighted by Crippen LogP contribution is -2.63. The van der Waals surface area contributed by atoms with E-state index >= 15 is 14.4 Å². The van der Waals surface area contributed by atoms with Crippen LogP contribution in [0.5, 0.6) is 0 Å². The summed E-state index contributed by atoms with van der Waals surface area (Å²) in [6, 6.07) is -10.1. The highest BCUT2D eigenvalue weighted by Crippen LogP contribution is 2.30. The van der Waals surface area contributed by atoms with Crippen molar-refractivity contribution in [3.8, 4) is 0 Å². The van der Waals surface area contributed by atoms with Gasteiger partial charge in [0.15, 0.2) is 11.6 Å². The predicted octanol–water partition coefficient (Wildman–Crippen LogP) is 7.55. The van der Waals surface area contributed by atoms with Crippen LogP contribution in [0.3, 0.4) is 0 Å². The third-order valence-corrected chi connectivity index (χ3v) is 20.8. The number of likely N-dealkylation sites (N-methyl/N-ethyl adjacent to an activating group) is 8. The summed E-state index contributed by atoms with van der Waals surface area (Å²) in [5, 5.41) is 2.71. The summed E-state index contributed by atoms with van der Waals surface area (Å²) >= 11 is 0. The van der Waals surface area contributed by atoms with Gasteiger partial charge in [0.1, 0.15) is 70.2 Å². The summed E-state index contributed by atoms with van der Waals surface area (Å²) in [5.41, 5.74) is -0.889. The van der Waals surface area contributed by atoms with Crippen molar-refractivity contribution >= 4 is 92.5 Å². The van der Waals surface area contributed by atoms with E-state index in [1.165, 1.54) is 115 Å². The summed E-state index contributed by atoms with van der Waals surface area (Å²) in [6.45, 7) is 36.7. The molecule has 0 unspecified atom stereocenters. The van der Waals surface area contributed by atoms with Gasteiger partial charge in [-0.25, -0.2) is 18.0 Å². The number of amides is 9. The standard InChI is InChI=1S/C78H137N9O19S/c1-32-34-35-50(13)68(105-56(19)89)67(69(93)79-58(33-2)76(100)104-37-36-80(23)55(18)88)87(30)75(99)65(49(11)12)85(28)74(98)61(40-47(7)8)84(27)73(97)60(39-46(5)6)83(26)70(94)52(15)42-62(90)51(14)41-63(91)59(38-45(3)4)82(25)72(96)57(48(9)10)43-64(92)66(53(16)44-107(31,102)103)86(29)71(95)54(17)81(24)77(101)106-78(20,21)22/h32,34,45-54,57-61,65-68H,33,35-44H2,1-31H3,(H,79,93)/b34-32+/t50-,51-,52+,53-,54-,57+,58+,59+,60+,61+,65+,66+,67+,68-/m1/s1. The fourth-order valence-corrected chi connectivity index (χ4v) is 14.3. The Morgan fingerprint density at radius 3 is 1.40 bits per heavy atom. The first kappa shape index (κ1) is 99.7. The largest absolute Gasteiger partial charge is 0.462 e. The molecule has 28 nitrogen and oxygen atoms in total. The third-order valence-electron chi connectivity index (χ3n) is 19.6. The number of carbonyl (C=O) groups is 14. The van der Waals surface area contributed by atoms with Gasteiger partial charge >= 0.3 is 18.0 Å². The van der Waals surface area contributed by atoms with Gasteiger partial charge in [-0.15, -0.1) is 0 Å². The van der Waals surface area contributed by atoms with Gasteiger partial charge in [-0.05, 0) is 108 Å². The molecule has 0 aromatic rings. The molecule has 14 atom stereocenters. The molecule has 9 amide bonds. The molecule has 0 aliphatic heterocycles. The maximum Gasteiger partial charge on any atom is 0.410 e. The minimum absolute atomic E-state index is 0.0559. The van der Waals surface area contributed by atoms with E-state index in [0.29, 0.717) is 6.42 Å². The summed E-state index contributed by atoms with van der Waals surface area (Å²) in [5.74, 6) is -14.8. The van der Waals surface area contributed by atoms with E-state index in [4.69, 9.17) is 14.2 Å². The third kappa shape index (κ3) is 31.7. The number of rotatable bonds is 45. The number of Topliss-reactive ketones (excluding diaryl/α,β-unsaturated/α-hetero) is 3. The van der Waals surface area contributed by atoms with Gasteiger partial charge in [-0.2, -0.15) is 0 Å². The van der Waals surface area contributed by atoms with Crippen LogP contribution in [-0.2, 0) is 86.4 Å². The highest BCUT2D eigenvalue weighted by molar-refractivity contribution is 7.90. The molecule has 0 heterocycles. The van der Waals surface area contributed by atoms with Crippen molar-refractivity contribution in [3.63, 3.8) is 0 Å². The van der Waals surface area contributed by atoms with Crippen LogP contribution >= 0.6 is 0 Å². The van der Waals surface area contributed by atoms with Crippen LogP contribution in [0.25, 0.3) is 0 Å². The van der Waals surface area contributed by atoms with E-state index in [9.17, 15) is 61.2 Å². The quantitative estimate of drug-likeness (QED) is 0.0349. The van der Waals surface area contributed by atoms with E-state index in [2.05, 4.69) is 5.32 Å². The van der Waals surface area contributed by atoms with Crippen molar-refractivity contribution < 1.29 is 89.8 Å². The SMILES string of the molecule is C/C=C/C[C@@H](C)[C@@H](OC(C)=O)[C@@H](C(=O)N[C@@H](CC)C(=O)OCCN(C)C(C)=O)N(C)C(=O)[C@H](C(C)C)N(C)C(=O)[C@H](CC(C)C)N(C)C(=O)[C@H](CC(C)C)N(C)C(=O)[C@@H](C)CC(=O)[C@H](C)CC(=O)[C@H](CC(C)C)N(C)C(=O)[C@@H](CC(=O)[C@H]([C@H](C)CS(C)(=O)=O)N(C)C(=O)[C@@H](C)N(C)C(=O)OC(C)(C)C)C(C)C. The lowest BCUT2D eigenvalue weighted by Gasteiger charge is -2.42. The average Bonchev–Trinajstić information content (AvgIpc) is 0.798. The molecule has 107 heavy (non-hydrogen) atoms. The number of hydrogen-bond donors (Lipinski definition) is 1. The normalized spacial score (nSPS) is 15.9. The molecule has 614 valence electrons. The molecule has 1 N–H and O–H groups in total. The van der Waals surface area contributed by atoms with Crippen LogP contribution < -0.4 is 5.32 Å². The Balaban J connectivity index is 7.27. The van der Waals surface area contributed by atoms with Gasteiger partial charge in [0.05, 0.1) is 24.4 Å². The molecule has 0 saturated carbocycles. The van der Waals surface area contributed by atoms with Gasteiger partial charge in [0.2, 0.25) is 47.3 Å². The van der Waals surface area contributed by atoms with Crippen molar-refractivity contribution in [2.75, 3.05) is 81.5 Å². The lowest BCUT2D eigenvalue weighted by atomic mass is 9.83. The Labute approximate surface area is 640 Å². The zero-order valence-corrected chi connectivity index (χ0v) is 71.5. The van der Waals surface area contributed by atoms with Crippen LogP contribution in [-0.4, -0.2) is 272 Å². The number of esters is 2. The van der Waals surface area contributed by atoms with Gasteiger partial charge in [0, 0.05) is 114 Å².